The third kappa shape index (κ3) is 5.62. The predicted octanol–water partition coefficient (Wildman–Crippen LogP) is 6.25. The van der Waals surface area contributed by atoms with Gasteiger partial charge in [-0.15, -0.1) is 0 Å². The molecule has 0 spiro atoms. The van der Waals surface area contributed by atoms with Crippen molar-refractivity contribution < 1.29 is 18.7 Å². The van der Waals surface area contributed by atoms with Crippen molar-refractivity contribution in [2.24, 2.45) is 5.10 Å². The van der Waals surface area contributed by atoms with Crippen molar-refractivity contribution in [1.82, 2.24) is 5.43 Å². The van der Waals surface area contributed by atoms with Gasteiger partial charge in [-0.25, -0.2) is 5.43 Å². The standard InChI is InChI=1S/C26H23BrN2O4/c1-3-31-23-13-19(12-21(27)25(23)32-16-18-10-8-17(2)9-11-18)15-28-29-26(30)24-14-20-6-4-5-7-22(20)33-24/h4-15H,3,16H2,1-2H3,(H,29,30)/b28-15+. The van der Waals surface area contributed by atoms with E-state index in [1.807, 2.05) is 62.4 Å². The normalized spacial score (nSPS) is 11.1. The van der Waals surface area contributed by atoms with E-state index in [1.165, 1.54) is 11.8 Å². The number of aryl methyl sites for hydroxylation is 1. The van der Waals surface area contributed by atoms with Crippen molar-refractivity contribution in [2.75, 3.05) is 6.61 Å². The molecule has 0 fully saturated rings. The number of benzene rings is 3. The number of nitrogens with zero attached hydrogens (tertiary/aromatic N) is 1. The van der Waals surface area contributed by atoms with Crippen molar-refractivity contribution in [1.29, 1.82) is 0 Å². The Morgan fingerprint density at radius 2 is 1.88 bits per heavy atom. The molecule has 1 N–H and O–H groups in total. The van der Waals surface area contributed by atoms with Gasteiger partial charge in [0.05, 0.1) is 17.3 Å². The molecule has 0 unspecified atom stereocenters. The second kappa shape index (κ2) is 10.4. The number of rotatable bonds is 8. The number of hydrogen-bond donors (Lipinski definition) is 1. The Balaban J connectivity index is 1.46. The molecule has 1 heterocycles. The highest BCUT2D eigenvalue weighted by Gasteiger charge is 2.13. The summed E-state index contributed by atoms with van der Waals surface area (Å²) in [6.45, 7) is 4.86. The summed E-state index contributed by atoms with van der Waals surface area (Å²) in [5.74, 6) is 0.971. The van der Waals surface area contributed by atoms with E-state index in [-0.39, 0.29) is 5.76 Å². The Morgan fingerprint density at radius 1 is 1.09 bits per heavy atom. The van der Waals surface area contributed by atoms with Crippen LogP contribution in [0.4, 0.5) is 0 Å². The zero-order valence-corrected chi connectivity index (χ0v) is 19.9. The molecule has 0 aliphatic carbocycles. The van der Waals surface area contributed by atoms with Crippen LogP contribution in [0.3, 0.4) is 0 Å². The van der Waals surface area contributed by atoms with Gasteiger partial charge in [-0.05, 0) is 65.2 Å². The molecule has 0 saturated carbocycles. The van der Waals surface area contributed by atoms with Crippen LogP contribution in [-0.4, -0.2) is 18.7 Å². The van der Waals surface area contributed by atoms with Gasteiger partial charge in [-0.2, -0.15) is 5.10 Å². The first-order chi connectivity index (χ1) is 16.0. The van der Waals surface area contributed by atoms with Crippen LogP contribution in [0.2, 0.25) is 0 Å². The summed E-state index contributed by atoms with van der Waals surface area (Å²) in [5, 5.41) is 4.92. The molecular formula is C26H23BrN2O4. The predicted molar refractivity (Wildman–Crippen MR) is 132 cm³/mol. The molecule has 0 bridgehead atoms. The summed E-state index contributed by atoms with van der Waals surface area (Å²) in [6, 6.07) is 21.0. The number of hydrazone groups is 1. The minimum Gasteiger partial charge on any atom is -0.490 e. The van der Waals surface area contributed by atoms with Crippen LogP contribution < -0.4 is 14.9 Å². The zero-order chi connectivity index (χ0) is 23.2. The fourth-order valence-electron chi connectivity index (χ4n) is 3.22. The van der Waals surface area contributed by atoms with Gasteiger partial charge in [-0.3, -0.25) is 4.79 Å². The van der Waals surface area contributed by atoms with Crippen molar-refractivity contribution >= 4 is 39.0 Å². The van der Waals surface area contributed by atoms with Crippen LogP contribution >= 0.6 is 15.9 Å². The maximum absolute atomic E-state index is 12.4. The number of carbonyl (C=O) groups excluding carboxylic acids is 1. The lowest BCUT2D eigenvalue weighted by Crippen LogP contribution is -2.16. The summed E-state index contributed by atoms with van der Waals surface area (Å²) < 4.78 is 18.1. The number of hydrogen-bond acceptors (Lipinski definition) is 5. The SMILES string of the molecule is CCOc1cc(/C=N/NC(=O)c2cc3ccccc3o2)cc(Br)c1OCc1ccc(C)cc1. The van der Waals surface area contributed by atoms with Crippen LogP contribution in [0.1, 0.15) is 34.2 Å². The van der Waals surface area contributed by atoms with Gasteiger partial charge in [0.25, 0.3) is 0 Å². The number of carbonyl (C=O) groups is 1. The monoisotopic (exact) mass is 506 g/mol. The van der Waals surface area contributed by atoms with Gasteiger partial charge < -0.3 is 13.9 Å². The molecule has 4 aromatic rings. The zero-order valence-electron chi connectivity index (χ0n) is 18.3. The van der Waals surface area contributed by atoms with Gasteiger partial charge in [0, 0.05) is 5.39 Å². The van der Waals surface area contributed by atoms with Crippen molar-refractivity contribution in [2.45, 2.75) is 20.5 Å². The number of fused-ring (bicyclic) bond motifs is 1. The fourth-order valence-corrected chi connectivity index (χ4v) is 3.79. The molecule has 0 aliphatic heterocycles. The molecule has 3 aromatic carbocycles. The van der Waals surface area contributed by atoms with E-state index in [4.69, 9.17) is 13.9 Å². The number of ether oxygens (including phenoxy) is 2. The second-order valence-electron chi connectivity index (χ2n) is 7.38. The van der Waals surface area contributed by atoms with E-state index in [1.54, 1.807) is 6.07 Å². The van der Waals surface area contributed by atoms with Crippen LogP contribution in [0.5, 0.6) is 11.5 Å². The Bertz CT molecular complexity index is 1260. The van der Waals surface area contributed by atoms with E-state index in [0.29, 0.717) is 30.3 Å². The molecule has 1 aromatic heterocycles. The highest BCUT2D eigenvalue weighted by Crippen LogP contribution is 2.37. The molecule has 33 heavy (non-hydrogen) atoms. The van der Waals surface area contributed by atoms with E-state index in [9.17, 15) is 4.79 Å². The van der Waals surface area contributed by atoms with Gasteiger partial charge >= 0.3 is 5.91 Å². The number of furan rings is 1. The van der Waals surface area contributed by atoms with E-state index >= 15 is 0 Å². The third-order valence-corrected chi connectivity index (χ3v) is 5.45. The Morgan fingerprint density at radius 3 is 2.64 bits per heavy atom. The molecular weight excluding hydrogens is 484 g/mol. The summed E-state index contributed by atoms with van der Waals surface area (Å²) in [5.41, 5.74) is 6.14. The average molecular weight is 507 g/mol. The lowest BCUT2D eigenvalue weighted by Gasteiger charge is -2.14. The number of nitrogens with one attached hydrogen (secondary N) is 1. The van der Waals surface area contributed by atoms with Gasteiger partial charge in [0.2, 0.25) is 0 Å². The molecule has 0 saturated heterocycles. The highest BCUT2D eigenvalue weighted by atomic mass is 79.9. The van der Waals surface area contributed by atoms with Crippen LogP contribution in [0.15, 0.2) is 80.7 Å². The number of para-hydroxylation sites is 1. The molecule has 0 radical (unpaired) electrons. The lowest BCUT2D eigenvalue weighted by molar-refractivity contribution is 0.0929. The largest absolute Gasteiger partial charge is 0.490 e. The highest BCUT2D eigenvalue weighted by molar-refractivity contribution is 9.10. The second-order valence-corrected chi connectivity index (χ2v) is 8.24. The number of halogens is 1. The van der Waals surface area contributed by atoms with Crippen LogP contribution in [0, 0.1) is 6.92 Å². The van der Waals surface area contributed by atoms with E-state index < -0.39 is 5.91 Å². The van der Waals surface area contributed by atoms with E-state index in [0.717, 1.165) is 21.0 Å². The van der Waals surface area contributed by atoms with Crippen molar-refractivity contribution in [3.63, 3.8) is 0 Å². The molecule has 0 aliphatic rings. The lowest BCUT2D eigenvalue weighted by atomic mass is 10.2. The Labute approximate surface area is 200 Å². The molecule has 6 nitrogen and oxygen atoms in total. The maximum Gasteiger partial charge on any atom is 0.307 e. The summed E-state index contributed by atoms with van der Waals surface area (Å²) in [6.07, 6.45) is 1.54. The first kappa shape index (κ1) is 22.6. The van der Waals surface area contributed by atoms with Crippen molar-refractivity contribution in [3.8, 4) is 11.5 Å². The quantitative estimate of drug-likeness (QED) is 0.226. The van der Waals surface area contributed by atoms with Crippen LogP contribution in [-0.2, 0) is 6.61 Å². The summed E-state index contributed by atoms with van der Waals surface area (Å²) >= 11 is 3.56. The van der Waals surface area contributed by atoms with Gasteiger partial charge in [0.15, 0.2) is 17.3 Å². The number of amides is 1. The molecule has 7 heteroatoms. The molecule has 1 amide bonds. The minimum atomic E-state index is -0.426. The first-order valence-electron chi connectivity index (χ1n) is 10.5. The van der Waals surface area contributed by atoms with Gasteiger partial charge in [0.1, 0.15) is 12.2 Å². The maximum atomic E-state index is 12.4. The Kier molecular flexibility index (Phi) is 7.10. The third-order valence-electron chi connectivity index (χ3n) is 4.86. The summed E-state index contributed by atoms with van der Waals surface area (Å²) in [7, 11) is 0. The first-order valence-corrected chi connectivity index (χ1v) is 11.3. The minimum absolute atomic E-state index is 0.199. The topological polar surface area (TPSA) is 73.1 Å². The average Bonchev–Trinajstić information content (AvgIpc) is 3.24. The molecule has 0 atom stereocenters. The summed E-state index contributed by atoms with van der Waals surface area (Å²) in [4.78, 5) is 12.4. The van der Waals surface area contributed by atoms with Crippen LogP contribution in [0.25, 0.3) is 11.0 Å². The molecule has 4 rings (SSSR count). The molecule has 168 valence electrons. The fraction of sp³-hybridized carbons (Fsp3) is 0.154. The Hall–Kier alpha value is -3.58. The smallest absolute Gasteiger partial charge is 0.307 e. The van der Waals surface area contributed by atoms with Gasteiger partial charge in [-0.1, -0.05) is 48.0 Å². The van der Waals surface area contributed by atoms with E-state index in [2.05, 4.69) is 38.6 Å². The van der Waals surface area contributed by atoms with Crippen molar-refractivity contribution in [3.05, 3.63) is 93.7 Å².